The highest BCUT2D eigenvalue weighted by Crippen LogP contribution is 2.22. The van der Waals surface area contributed by atoms with Crippen LogP contribution in [0.1, 0.15) is 20.3 Å². The van der Waals surface area contributed by atoms with E-state index in [-0.39, 0.29) is 6.10 Å². The van der Waals surface area contributed by atoms with Gasteiger partial charge < -0.3 is 20.1 Å². The molecule has 5 heteroatoms. The Kier molecular flexibility index (Phi) is 5.39. The van der Waals surface area contributed by atoms with Gasteiger partial charge in [-0.15, -0.1) is 0 Å². The second-order valence-corrected chi connectivity index (χ2v) is 5.43. The van der Waals surface area contributed by atoms with Gasteiger partial charge in [-0.3, -0.25) is 4.79 Å². The van der Waals surface area contributed by atoms with Crippen molar-refractivity contribution in [1.82, 2.24) is 0 Å². The maximum absolute atomic E-state index is 11.6. The van der Waals surface area contributed by atoms with Crippen LogP contribution in [-0.2, 0) is 9.53 Å². The molecular formula is C15H24N2O3. The van der Waals surface area contributed by atoms with Crippen molar-refractivity contribution in [2.24, 2.45) is 5.73 Å². The number of carbonyl (C=O) groups excluding carboxylic acids is 1. The fraction of sp³-hybridized carbons (Fsp3) is 0.533. The lowest BCUT2D eigenvalue weighted by atomic mass is 9.96. The smallest absolute Gasteiger partial charge is 0.325 e. The van der Waals surface area contributed by atoms with Crippen LogP contribution in [0.5, 0.6) is 5.75 Å². The summed E-state index contributed by atoms with van der Waals surface area (Å²) in [7, 11) is 5.27. The fourth-order valence-corrected chi connectivity index (χ4v) is 2.02. The Morgan fingerprint density at radius 3 is 2.65 bits per heavy atom. The summed E-state index contributed by atoms with van der Waals surface area (Å²) in [6, 6.07) is 7.76. The second kappa shape index (κ2) is 6.61. The van der Waals surface area contributed by atoms with Gasteiger partial charge in [-0.25, -0.2) is 0 Å². The summed E-state index contributed by atoms with van der Waals surface area (Å²) >= 11 is 0. The highest BCUT2D eigenvalue weighted by Gasteiger charge is 2.32. The summed E-state index contributed by atoms with van der Waals surface area (Å²) in [4.78, 5) is 13.6. The normalized spacial score (nSPS) is 15.1. The molecule has 0 radical (unpaired) electrons. The van der Waals surface area contributed by atoms with Crippen molar-refractivity contribution in [3.8, 4) is 5.75 Å². The minimum atomic E-state index is -1.05. The molecule has 2 N–H and O–H groups in total. The average molecular weight is 280 g/mol. The molecule has 0 aliphatic rings. The fourth-order valence-electron chi connectivity index (χ4n) is 2.02. The standard InChI is InChI=1S/C15H24N2O3/c1-11(10-15(2,16)14(18)19-5)20-13-8-6-7-12(9-13)17(3)4/h6-9,11H,10,16H2,1-5H3. The molecule has 0 heterocycles. The first-order chi connectivity index (χ1) is 9.26. The van der Waals surface area contributed by atoms with E-state index in [1.165, 1.54) is 7.11 Å². The monoisotopic (exact) mass is 280 g/mol. The molecule has 0 bridgehead atoms. The number of nitrogens with two attached hydrogens (primary N) is 1. The van der Waals surface area contributed by atoms with Crippen molar-refractivity contribution in [2.45, 2.75) is 31.9 Å². The summed E-state index contributed by atoms with van der Waals surface area (Å²) in [6.45, 7) is 3.53. The molecule has 2 unspecified atom stereocenters. The van der Waals surface area contributed by atoms with Gasteiger partial charge in [0.15, 0.2) is 0 Å². The van der Waals surface area contributed by atoms with E-state index in [4.69, 9.17) is 15.2 Å². The molecule has 0 fully saturated rings. The molecule has 0 amide bonds. The van der Waals surface area contributed by atoms with Crippen LogP contribution in [0.25, 0.3) is 0 Å². The number of hydrogen-bond donors (Lipinski definition) is 1. The van der Waals surface area contributed by atoms with Crippen molar-refractivity contribution >= 4 is 11.7 Å². The van der Waals surface area contributed by atoms with Crippen LogP contribution >= 0.6 is 0 Å². The minimum Gasteiger partial charge on any atom is -0.491 e. The van der Waals surface area contributed by atoms with Gasteiger partial charge in [0.2, 0.25) is 0 Å². The van der Waals surface area contributed by atoms with Gasteiger partial charge in [-0.2, -0.15) is 0 Å². The topological polar surface area (TPSA) is 64.8 Å². The molecule has 20 heavy (non-hydrogen) atoms. The van der Waals surface area contributed by atoms with Crippen molar-refractivity contribution in [3.05, 3.63) is 24.3 Å². The molecule has 0 aromatic heterocycles. The summed E-state index contributed by atoms with van der Waals surface area (Å²) in [5.41, 5.74) is 5.95. The first kappa shape index (κ1) is 16.3. The van der Waals surface area contributed by atoms with E-state index in [0.29, 0.717) is 6.42 Å². The van der Waals surface area contributed by atoms with Crippen molar-refractivity contribution in [2.75, 3.05) is 26.1 Å². The summed E-state index contributed by atoms with van der Waals surface area (Å²) in [6.07, 6.45) is 0.188. The zero-order chi connectivity index (χ0) is 15.3. The Morgan fingerprint density at radius 1 is 1.45 bits per heavy atom. The zero-order valence-electron chi connectivity index (χ0n) is 12.8. The summed E-state index contributed by atoms with van der Waals surface area (Å²) in [5, 5.41) is 0. The lowest BCUT2D eigenvalue weighted by molar-refractivity contribution is -0.147. The molecule has 1 aromatic carbocycles. The maximum atomic E-state index is 11.6. The van der Waals surface area contributed by atoms with Gasteiger partial charge in [-0.1, -0.05) is 6.07 Å². The molecule has 0 saturated heterocycles. The summed E-state index contributed by atoms with van der Waals surface area (Å²) in [5.74, 6) is 0.319. The largest absolute Gasteiger partial charge is 0.491 e. The quantitative estimate of drug-likeness (QED) is 0.805. The molecule has 0 spiro atoms. The molecule has 0 aliphatic carbocycles. The third-order valence-electron chi connectivity index (χ3n) is 3.03. The van der Waals surface area contributed by atoms with Crippen molar-refractivity contribution < 1.29 is 14.3 Å². The minimum absolute atomic E-state index is 0.193. The van der Waals surface area contributed by atoms with Gasteiger partial charge in [-0.05, 0) is 26.0 Å². The summed E-state index contributed by atoms with van der Waals surface area (Å²) < 4.78 is 10.5. The number of carbonyl (C=O) groups is 1. The lowest BCUT2D eigenvalue weighted by Gasteiger charge is -2.26. The molecular weight excluding hydrogens is 256 g/mol. The van der Waals surface area contributed by atoms with Crippen molar-refractivity contribution in [3.63, 3.8) is 0 Å². The van der Waals surface area contributed by atoms with Gasteiger partial charge in [0.25, 0.3) is 0 Å². The van der Waals surface area contributed by atoms with Crippen LogP contribution in [0.4, 0.5) is 5.69 Å². The number of nitrogens with zero attached hydrogens (tertiary/aromatic N) is 1. The third kappa shape index (κ3) is 4.42. The maximum Gasteiger partial charge on any atom is 0.325 e. The first-order valence-corrected chi connectivity index (χ1v) is 6.57. The molecule has 0 aliphatic heterocycles. The van der Waals surface area contributed by atoms with Crippen LogP contribution < -0.4 is 15.4 Å². The Hall–Kier alpha value is -1.75. The molecule has 1 rings (SSSR count). The van der Waals surface area contributed by atoms with Gasteiger partial charge in [0.1, 0.15) is 11.3 Å². The van der Waals surface area contributed by atoms with Crippen LogP contribution in [0.2, 0.25) is 0 Å². The SMILES string of the molecule is COC(=O)C(C)(N)CC(C)Oc1cccc(N(C)C)c1. The van der Waals surface area contributed by atoms with Crippen LogP contribution in [0, 0.1) is 0 Å². The predicted octanol–water partition coefficient (Wildman–Crippen LogP) is 1.80. The van der Waals surface area contributed by atoms with Gasteiger partial charge >= 0.3 is 5.97 Å². The third-order valence-corrected chi connectivity index (χ3v) is 3.03. The number of benzene rings is 1. The number of hydrogen-bond acceptors (Lipinski definition) is 5. The lowest BCUT2D eigenvalue weighted by Crippen LogP contribution is -2.48. The molecule has 5 nitrogen and oxygen atoms in total. The molecule has 2 atom stereocenters. The molecule has 0 saturated carbocycles. The Bertz CT molecular complexity index is 458. The van der Waals surface area contributed by atoms with E-state index in [0.717, 1.165) is 11.4 Å². The van der Waals surface area contributed by atoms with Gasteiger partial charge in [0.05, 0.1) is 13.2 Å². The highest BCUT2D eigenvalue weighted by atomic mass is 16.5. The van der Waals surface area contributed by atoms with E-state index < -0.39 is 11.5 Å². The van der Waals surface area contributed by atoms with E-state index in [9.17, 15) is 4.79 Å². The van der Waals surface area contributed by atoms with E-state index >= 15 is 0 Å². The number of anilines is 1. The Balaban J connectivity index is 2.69. The predicted molar refractivity (Wildman–Crippen MR) is 80.1 cm³/mol. The Labute approximate surface area is 120 Å². The molecule has 112 valence electrons. The number of methoxy groups -OCH3 is 1. The van der Waals surface area contributed by atoms with E-state index in [1.54, 1.807) is 6.92 Å². The van der Waals surface area contributed by atoms with Crippen molar-refractivity contribution in [1.29, 1.82) is 0 Å². The highest BCUT2D eigenvalue weighted by molar-refractivity contribution is 5.79. The zero-order valence-corrected chi connectivity index (χ0v) is 12.8. The number of rotatable bonds is 6. The molecule has 1 aromatic rings. The van der Waals surface area contributed by atoms with E-state index in [1.807, 2.05) is 50.2 Å². The number of ether oxygens (including phenoxy) is 2. The number of esters is 1. The second-order valence-electron chi connectivity index (χ2n) is 5.43. The first-order valence-electron chi connectivity index (χ1n) is 6.57. The van der Waals surface area contributed by atoms with Gasteiger partial charge in [0, 0.05) is 32.3 Å². The average Bonchev–Trinajstić information content (AvgIpc) is 2.37. The van der Waals surface area contributed by atoms with Crippen LogP contribution in [0.3, 0.4) is 0 Å². The van der Waals surface area contributed by atoms with Crippen LogP contribution in [-0.4, -0.2) is 38.8 Å². The Morgan fingerprint density at radius 2 is 2.10 bits per heavy atom. The van der Waals surface area contributed by atoms with E-state index in [2.05, 4.69) is 0 Å². The van der Waals surface area contributed by atoms with Crippen LogP contribution in [0.15, 0.2) is 24.3 Å².